The Morgan fingerprint density at radius 2 is 1.95 bits per heavy atom. The number of hydrogen-bond donors (Lipinski definition) is 1. The molecule has 1 heterocycles. The van der Waals surface area contributed by atoms with Gasteiger partial charge in [0.1, 0.15) is 0 Å². The largest absolute Gasteiger partial charge is 0.481 e. The van der Waals surface area contributed by atoms with Crippen LogP contribution >= 0.6 is 0 Å². The van der Waals surface area contributed by atoms with E-state index in [1.807, 2.05) is 6.92 Å². The van der Waals surface area contributed by atoms with E-state index in [9.17, 15) is 9.90 Å². The number of carbonyl (C=O) groups is 1. The lowest BCUT2D eigenvalue weighted by Crippen LogP contribution is -2.49. The summed E-state index contributed by atoms with van der Waals surface area (Å²) in [7, 11) is 0. The molecule has 1 aromatic rings. The molecule has 1 atom stereocenters. The van der Waals surface area contributed by atoms with Crippen molar-refractivity contribution in [1.82, 2.24) is 4.90 Å². The average molecular weight is 287 g/mol. The minimum atomic E-state index is -0.598. The van der Waals surface area contributed by atoms with E-state index in [1.165, 1.54) is 17.5 Å². The van der Waals surface area contributed by atoms with Crippen LogP contribution in [0.2, 0.25) is 0 Å². The summed E-state index contributed by atoms with van der Waals surface area (Å²) in [6.07, 6.45) is 5.86. The van der Waals surface area contributed by atoms with Gasteiger partial charge in [0.15, 0.2) is 0 Å². The fraction of sp³-hybridized carbons (Fsp3) is 0.611. The van der Waals surface area contributed by atoms with E-state index in [1.54, 1.807) is 0 Å². The highest BCUT2D eigenvalue weighted by Crippen LogP contribution is 2.37. The molecule has 3 heteroatoms. The summed E-state index contributed by atoms with van der Waals surface area (Å²) in [6, 6.07) is 9.35. The molecule has 0 radical (unpaired) electrons. The van der Waals surface area contributed by atoms with Crippen LogP contribution in [0.5, 0.6) is 0 Å². The molecule has 3 nitrogen and oxygen atoms in total. The first-order valence-electron chi connectivity index (χ1n) is 8.19. The van der Waals surface area contributed by atoms with Gasteiger partial charge >= 0.3 is 5.97 Å². The number of aliphatic carboxylic acids is 1. The molecule has 0 saturated carbocycles. The molecule has 0 bridgehead atoms. The number of rotatable bonds is 3. The molecule has 1 aliphatic heterocycles. The number of hydrogen-bond acceptors (Lipinski definition) is 2. The number of nitrogens with zero attached hydrogens (tertiary/aromatic N) is 1. The smallest absolute Gasteiger partial charge is 0.309 e. The summed E-state index contributed by atoms with van der Waals surface area (Å²) < 4.78 is 0. The number of fused-ring (bicyclic) bond motifs is 1. The van der Waals surface area contributed by atoms with Crippen LogP contribution in [0.4, 0.5) is 0 Å². The van der Waals surface area contributed by atoms with E-state index in [0.717, 1.165) is 45.2 Å². The van der Waals surface area contributed by atoms with Crippen LogP contribution in [0.15, 0.2) is 24.3 Å². The van der Waals surface area contributed by atoms with E-state index in [4.69, 9.17) is 0 Å². The third-order valence-corrected chi connectivity index (χ3v) is 5.72. The van der Waals surface area contributed by atoms with Crippen LogP contribution in [-0.2, 0) is 17.6 Å². The third kappa shape index (κ3) is 2.71. The standard InChI is InChI=1S/C18H25NO2/c1-2-18(17(20)21)9-11-19(12-10-18)16-8-7-14-5-3-4-6-15(14)13-16/h3-6,16H,2,7-13H2,1H3,(H,20,21). The van der Waals surface area contributed by atoms with Gasteiger partial charge in [-0.2, -0.15) is 0 Å². The molecule has 1 saturated heterocycles. The van der Waals surface area contributed by atoms with Crippen LogP contribution in [0.3, 0.4) is 0 Å². The number of carboxylic acid groups (broad SMARTS) is 1. The van der Waals surface area contributed by atoms with Crippen LogP contribution in [0.25, 0.3) is 0 Å². The van der Waals surface area contributed by atoms with Gasteiger partial charge in [0, 0.05) is 6.04 Å². The van der Waals surface area contributed by atoms with Gasteiger partial charge in [0.2, 0.25) is 0 Å². The van der Waals surface area contributed by atoms with E-state index in [2.05, 4.69) is 29.2 Å². The zero-order chi connectivity index (χ0) is 14.9. The molecule has 3 rings (SSSR count). The van der Waals surface area contributed by atoms with E-state index in [0.29, 0.717) is 6.04 Å². The van der Waals surface area contributed by atoms with Gasteiger partial charge in [-0.1, -0.05) is 31.2 Å². The second-order valence-corrected chi connectivity index (χ2v) is 6.64. The lowest BCUT2D eigenvalue weighted by atomic mass is 9.75. The Bertz CT molecular complexity index is 518. The zero-order valence-corrected chi connectivity index (χ0v) is 12.8. The molecule has 1 N–H and O–H groups in total. The molecule has 1 unspecified atom stereocenters. The number of carboxylic acids is 1. The maximum Gasteiger partial charge on any atom is 0.309 e. The van der Waals surface area contributed by atoms with Gasteiger partial charge in [-0.25, -0.2) is 0 Å². The second kappa shape index (κ2) is 5.80. The van der Waals surface area contributed by atoms with Gasteiger partial charge in [0.25, 0.3) is 0 Å². The first kappa shape index (κ1) is 14.6. The summed E-state index contributed by atoms with van der Waals surface area (Å²) in [5.41, 5.74) is 2.52. The van der Waals surface area contributed by atoms with Crippen molar-refractivity contribution in [3.8, 4) is 0 Å². The van der Waals surface area contributed by atoms with E-state index in [-0.39, 0.29) is 0 Å². The SMILES string of the molecule is CCC1(C(=O)O)CCN(C2CCc3ccccc3C2)CC1. The zero-order valence-electron chi connectivity index (χ0n) is 12.8. The van der Waals surface area contributed by atoms with Crippen molar-refractivity contribution in [3.05, 3.63) is 35.4 Å². The first-order valence-corrected chi connectivity index (χ1v) is 8.19. The number of piperidine rings is 1. The summed E-state index contributed by atoms with van der Waals surface area (Å²) >= 11 is 0. The lowest BCUT2D eigenvalue weighted by molar-refractivity contribution is -0.152. The second-order valence-electron chi connectivity index (χ2n) is 6.64. The topological polar surface area (TPSA) is 40.5 Å². The number of likely N-dealkylation sites (tertiary alicyclic amines) is 1. The van der Waals surface area contributed by atoms with Crippen LogP contribution in [-0.4, -0.2) is 35.1 Å². The Kier molecular flexibility index (Phi) is 4.03. The molecule has 114 valence electrons. The molecule has 1 fully saturated rings. The van der Waals surface area contributed by atoms with Crippen molar-refractivity contribution in [3.63, 3.8) is 0 Å². The summed E-state index contributed by atoms with van der Waals surface area (Å²) in [6.45, 7) is 3.89. The van der Waals surface area contributed by atoms with Crippen molar-refractivity contribution in [2.75, 3.05) is 13.1 Å². The van der Waals surface area contributed by atoms with Crippen molar-refractivity contribution < 1.29 is 9.90 Å². The van der Waals surface area contributed by atoms with Gasteiger partial charge in [-0.3, -0.25) is 9.69 Å². The maximum absolute atomic E-state index is 11.5. The normalized spacial score (nSPS) is 25.3. The third-order valence-electron chi connectivity index (χ3n) is 5.72. The minimum Gasteiger partial charge on any atom is -0.481 e. The summed E-state index contributed by atoms with van der Waals surface area (Å²) in [4.78, 5) is 14.1. The highest BCUT2D eigenvalue weighted by atomic mass is 16.4. The Labute approximate surface area is 127 Å². The van der Waals surface area contributed by atoms with Gasteiger partial charge in [-0.05, 0) is 62.7 Å². The molecule has 0 spiro atoms. The Balaban J connectivity index is 1.65. The molecular formula is C18H25NO2. The molecule has 2 aliphatic rings. The summed E-state index contributed by atoms with van der Waals surface area (Å²) in [5.74, 6) is -0.598. The molecule has 1 aliphatic carbocycles. The van der Waals surface area contributed by atoms with Crippen LogP contribution in [0, 0.1) is 5.41 Å². The number of aryl methyl sites for hydroxylation is 1. The Morgan fingerprint density at radius 3 is 2.57 bits per heavy atom. The van der Waals surface area contributed by atoms with Crippen molar-refractivity contribution in [2.45, 2.75) is 51.5 Å². The minimum absolute atomic E-state index is 0.469. The molecule has 0 amide bonds. The predicted octanol–water partition coefficient (Wildman–Crippen LogP) is 3.12. The van der Waals surface area contributed by atoms with E-state index >= 15 is 0 Å². The Morgan fingerprint density at radius 1 is 1.29 bits per heavy atom. The van der Waals surface area contributed by atoms with Gasteiger partial charge < -0.3 is 5.11 Å². The van der Waals surface area contributed by atoms with Crippen molar-refractivity contribution >= 4 is 5.97 Å². The molecular weight excluding hydrogens is 262 g/mol. The van der Waals surface area contributed by atoms with Gasteiger partial charge in [-0.15, -0.1) is 0 Å². The maximum atomic E-state index is 11.5. The van der Waals surface area contributed by atoms with Crippen LogP contribution in [0.1, 0.15) is 43.7 Å². The number of benzene rings is 1. The van der Waals surface area contributed by atoms with Crippen molar-refractivity contribution in [1.29, 1.82) is 0 Å². The first-order chi connectivity index (χ1) is 10.1. The summed E-state index contributed by atoms with van der Waals surface area (Å²) in [5, 5.41) is 9.50. The monoisotopic (exact) mass is 287 g/mol. The van der Waals surface area contributed by atoms with Gasteiger partial charge in [0.05, 0.1) is 5.41 Å². The fourth-order valence-corrected chi connectivity index (χ4v) is 4.03. The van der Waals surface area contributed by atoms with Crippen LogP contribution < -0.4 is 0 Å². The molecule has 21 heavy (non-hydrogen) atoms. The fourth-order valence-electron chi connectivity index (χ4n) is 4.03. The molecule has 1 aromatic carbocycles. The lowest BCUT2D eigenvalue weighted by Gasteiger charge is -2.43. The highest BCUT2D eigenvalue weighted by molar-refractivity contribution is 5.74. The predicted molar refractivity (Wildman–Crippen MR) is 83.4 cm³/mol. The average Bonchev–Trinajstić information content (AvgIpc) is 2.54. The molecule has 0 aromatic heterocycles. The quantitative estimate of drug-likeness (QED) is 0.928. The van der Waals surface area contributed by atoms with Crippen molar-refractivity contribution in [2.24, 2.45) is 5.41 Å². The highest BCUT2D eigenvalue weighted by Gasteiger charge is 2.41. The Hall–Kier alpha value is -1.35. The van der Waals surface area contributed by atoms with E-state index < -0.39 is 11.4 Å².